The lowest BCUT2D eigenvalue weighted by atomic mass is 10.2. The molecule has 1 aromatic rings. The minimum atomic E-state index is -1.07. The number of nitro benzene ring substituents is 1. The number of phenolic OH excluding ortho intramolecular Hbond substituents is 1. The van der Waals surface area contributed by atoms with E-state index in [1.54, 1.807) is 20.8 Å². The van der Waals surface area contributed by atoms with Crippen LogP contribution in [0.15, 0.2) is 18.2 Å². The van der Waals surface area contributed by atoms with Gasteiger partial charge in [0.15, 0.2) is 5.75 Å². The van der Waals surface area contributed by atoms with Gasteiger partial charge in [-0.2, -0.15) is 0 Å². The fourth-order valence-corrected chi connectivity index (χ4v) is 1.14. The fraction of sp³-hybridized carbons (Fsp3) is 0.364. The smallest absolute Gasteiger partial charge is 0.502 e. The monoisotopic (exact) mass is 255 g/mol. The third-order valence-electron chi connectivity index (χ3n) is 1.74. The molecule has 0 aliphatic carbocycles. The van der Waals surface area contributed by atoms with Crippen molar-refractivity contribution in [2.75, 3.05) is 0 Å². The number of phenols is 1. The molecule has 18 heavy (non-hydrogen) atoms. The van der Waals surface area contributed by atoms with Gasteiger partial charge in [-0.1, -0.05) is 6.07 Å². The second-order valence-electron chi connectivity index (χ2n) is 4.45. The molecular formula is C11H13NO6. The van der Waals surface area contributed by atoms with E-state index in [0.29, 0.717) is 0 Å². The number of carbonyl (C=O) groups excluding carboxylic acids is 1. The zero-order chi connectivity index (χ0) is 13.9. The van der Waals surface area contributed by atoms with Crippen LogP contribution in [0, 0.1) is 10.1 Å². The molecule has 0 amide bonds. The molecule has 0 aliphatic rings. The molecule has 0 fully saturated rings. The van der Waals surface area contributed by atoms with Crippen molar-refractivity contribution in [1.29, 1.82) is 0 Å². The van der Waals surface area contributed by atoms with Crippen molar-refractivity contribution in [2.24, 2.45) is 0 Å². The summed E-state index contributed by atoms with van der Waals surface area (Å²) < 4.78 is 9.55. The zero-order valence-electron chi connectivity index (χ0n) is 10.2. The van der Waals surface area contributed by atoms with Crippen LogP contribution in [-0.2, 0) is 4.74 Å². The molecule has 0 unspecified atom stereocenters. The first-order valence-corrected chi connectivity index (χ1v) is 5.08. The van der Waals surface area contributed by atoms with E-state index in [0.717, 1.165) is 6.07 Å². The summed E-state index contributed by atoms with van der Waals surface area (Å²) in [7, 11) is 0. The van der Waals surface area contributed by atoms with E-state index in [1.807, 2.05) is 0 Å². The molecular weight excluding hydrogens is 242 g/mol. The summed E-state index contributed by atoms with van der Waals surface area (Å²) in [5.74, 6) is -0.949. The molecule has 0 saturated heterocycles. The Hall–Kier alpha value is -2.31. The van der Waals surface area contributed by atoms with Crippen LogP contribution in [0.4, 0.5) is 10.5 Å². The highest BCUT2D eigenvalue weighted by atomic mass is 16.7. The van der Waals surface area contributed by atoms with Crippen molar-refractivity contribution < 1.29 is 24.3 Å². The molecule has 1 N–H and O–H groups in total. The number of benzene rings is 1. The number of para-hydroxylation sites is 1. The van der Waals surface area contributed by atoms with Gasteiger partial charge in [0.2, 0.25) is 5.75 Å². The van der Waals surface area contributed by atoms with Gasteiger partial charge in [0, 0.05) is 0 Å². The summed E-state index contributed by atoms with van der Waals surface area (Å²) in [6.07, 6.45) is -1.07. The first kappa shape index (κ1) is 13.8. The molecule has 0 aliphatic heterocycles. The minimum Gasteiger partial charge on any atom is -0.502 e. The van der Waals surface area contributed by atoms with Crippen LogP contribution in [0.25, 0.3) is 0 Å². The maximum Gasteiger partial charge on any atom is 0.514 e. The van der Waals surface area contributed by atoms with Gasteiger partial charge in [0.25, 0.3) is 0 Å². The Morgan fingerprint density at radius 2 is 2.00 bits per heavy atom. The van der Waals surface area contributed by atoms with Crippen molar-refractivity contribution in [3.63, 3.8) is 0 Å². The largest absolute Gasteiger partial charge is 0.514 e. The van der Waals surface area contributed by atoms with Crippen molar-refractivity contribution in [1.82, 2.24) is 0 Å². The highest BCUT2D eigenvalue weighted by molar-refractivity contribution is 5.68. The second-order valence-corrected chi connectivity index (χ2v) is 4.45. The van der Waals surface area contributed by atoms with E-state index in [9.17, 15) is 20.0 Å². The summed E-state index contributed by atoms with van der Waals surface area (Å²) >= 11 is 0. The van der Waals surface area contributed by atoms with Gasteiger partial charge in [0.05, 0.1) is 4.92 Å². The number of hydrogen-bond donors (Lipinski definition) is 1. The maximum atomic E-state index is 11.4. The molecule has 7 nitrogen and oxygen atoms in total. The first-order valence-electron chi connectivity index (χ1n) is 5.08. The van der Waals surface area contributed by atoms with Crippen LogP contribution in [0.1, 0.15) is 20.8 Å². The Balaban J connectivity index is 2.95. The molecule has 98 valence electrons. The molecule has 0 bridgehead atoms. The fourth-order valence-electron chi connectivity index (χ4n) is 1.14. The number of hydrogen-bond acceptors (Lipinski definition) is 6. The number of nitro groups is 1. The van der Waals surface area contributed by atoms with Crippen LogP contribution >= 0.6 is 0 Å². The average molecular weight is 255 g/mol. The summed E-state index contributed by atoms with van der Waals surface area (Å²) in [5, 5.41) is 20.1. The third kappa shape index (κ3) is 3.62. The Labute approximate surface area is 103 Å². The molecule has 0 saturated carbocycles. The van der Waals surface area contributed by atoms with Gasteiger partial charge in [0.1, 0.15) is 5.60 Å². The Bertz CT molecular complexity index is 477. The lowest BCUT2D eigenvalue weighted by Gasteiger charge is -2.18. The summed E-state index contributed by atoms with van der Waals surface area (Å²) in [5.41, 5.74) is -1.45. The molecule has 1 aromatic carbocycles. The minimum absolute atomic E-state index is 0.366. The molecule has 0 heterocycles. The average Bonchev–Trinajstić information content (AvgIpc) is 2.13. The van der Waals surface area contributed by atoms with Gasteiger partial charge in [-0.3, -0.25) is 10.1 Å². The van der Waals surface area contributed by atoms with Gasteiger partial charge in [-0.05, 0) is 32.9 Å². The van der Waals surface area contributed by atoms with E-state index in [1.165, 1.54) is 12.1 Å². The lowest BCUT2D eigenvalue weighted by molar-refractivity contribution is -0.386. The van der Waals surface area contributed by atoms with Gasteiger partial charge < -0.3 is 14.6 Å². The van der Waals surface area contributed by atoms with Crippen LogP contribution in [0.5, 0.6) is 11.5 Å². The van der Waals surface area contributed by atoms with Crippen molar-refractivity contribution in [3.8, 4) is 11.5 Å². The number of rotatable bonds is 2. The highest BCUT2D eigenvalue weighted by Crippen LogP contribution is 2.35. The standard InChI is InChI=1S/C11H13NO6/c1-11(2,3)18-10(14)17-8-6-4-5-7(13)9(8)12(15)16/h4-6,13H,1-3H3. The van der Waals surface area contributed by atoms with Crippen molar-refractivity contribution in [2.45, 2.75) is 26.4 Å². The highest BCUT2D eigenvalue weighted by Gasteiger charge is 2.25. The molecule has 7 heteroatoms. The third-order valence-corrected chi connectivity index (χ3v) is 1.74. The Kier molecular flexibility index (Phi) is 3.75. The van der Waals surface area contributed by atoms with Gasteiger partial charge in [-0.15, -0.1) is 0 Å². The summed E-state index contributed by atoms with van der Waals surface area (Å²) in [4.78, 5) is 21.3. The zero-order valence-corrected chi connectivity index (χ0v) is 10.2. The van der Waals surface area contributed by atoms with Crippen LogP contribution < -0.4 is 4.74 Å². The Morgan fingerprint density at radius 3 is 2.50 bits per heavy atom. The van der Waals surface area contributed by atoms with Crippen LogP contribution in [0.3, 0.4) is 0 Å². The molecule has 0 aromatic heterocycles. The van der Waals surface area contributed by atoms with E-state index >= 15 is 0 Å². The number of ether oxygens (including phenoxy) is 2. The topological polar surface area (TPSA) is 98.9 Å². The predicted octanol–water partition coefficient (Wildman–Crippen LogP) is 2.61. The molecule has 0 atom stereocenters. The lowest BCUT2D eigenvalue weighted by Crippen LogP contribution is -2.26. The van der Waals surface area contributed by atoms with Gasteiger partial charge >= 0.3 is 11.8 Å². The molecule has 0 spiro atoms. The first-order chi connectivity index (χ1) is 8.20. The van der Waals surface area contributed by atoms with Crippen molar-refractivity contribution >= 4 is 11.8 Å². The normalized spacial score (nSPS) is 10.8. The molecule has 0 radical (unpaired) electrons. The summed E-state index contributed by atoms with van der Waals surface area (Å²) in [6.45, 7) is 4.89. The van der Waals surface area contributed by atoms with E-state index in [2.05, 4.69) is 0 Å². The van der Waals surface area contributed by atoms with Crippen LogP contribution in [-0.4, -0.2) is 21.8 Å². The van der Waals surface area contributed by atoms with E-state index in [4.69, 9.17) is 9.47 Å². The van der Waals surface area contributed by atoms with E-state index in [-0.39, 0.29) is 5.75 Å². The van der Waals surface area contributed by atoms with Crippen molar-refractivity contribution in [3.05, 3.63) is 28.3 Å². The van der Waals surface area contributed by atoms with Gasteiger partial charge in [-0.25, -0.2) is 4.79 Å². The number of aromatic hydroxyl groups is 1. The predicted molar refractivity (Wildman–Crippen MR) is 61.6 cm³/mol. The quantitative estimate of drug-likeness (QED) is 0.377. The summed E-state index contributed by atoms with van der Waals surface area (Å²) in [6, 6.07) is 3.64. The van der Waals surface area contributed by atoms with Crippen LogP contribution in [0.2, 0.25) is 0 Å². The van der Waals surface area contributed by atoms with E-state index < -0.39 is 28.1 Å². The number of carbonyl (C=O) groups is 1. The maximum absolute atomic E-state index is 11.4. The molecule has 1 rings (SSSR count). The second kappa shape index (κ2) is 4.91. The SMILES string of the molecule is CC(C)(C)OC(=O)Oc1cccc(O)c1[N+](=O)[O-]. The Morgan fingerprint density at radius 1 is 1.39 bits per heavy atom. The number of nitrogens with zero attached hydrogens (tertiary/aromatic N) is 1.